The van der Waals surface area contributed by atoms with Crippen molar-refractivity contribution in [2.75, 3.05) is 7.11 Å². The summed E-state index contributed by atoms with van der Waals surface area (Å²) < 4.78 is 10.0. The molecule has 0 amide bonds. The smallest absolute Gasteiger partial charge is 0.338 e. The van der Waals surface area contributed by atoms with E-state index in [2.05, 4.69) is 5.16 Å². The van der Waals surface area contributed by atoms with E-state index in [-0.39, 0.29) is 17.1 Å². The maximum Gasteiger partial charge on any atom is 0.338 e. The lowest BCUT2D eigenvalue weighted by Gasteiger charge is -2.02. The number of nitro groups is 1. The summed E-state index contributed by atoms with van der Waals surface area (Å²) in [6, 6.07) is 7.35. The summed E-state index contributed by atoms with van der Waals surface area (Å²) in [6.07, 6.45) is 3.23. The number of para-hydroxylation sites is 1. The molecule has 0 spiro atoms. The molecule has 0 aliphatic carbocycles. The van der Waals surface area contributed by atoms with Crippen LogP contribution in [0, 0.1) is 17.0 Å². The summed E-state index contributed by atoms with van der Waals surface area (Å²) in [4.78, 5) is 10.4. The van der Waals surface area contributed by atoms with Gasteiger partial charge in [-0.25, -0.2) is 0 Å². The van der Waals surface area contributed by atoms with Crippen LogP contribution in [0.15, 0.2) is 28.8 Å². The summed E-state index contributed by atoms with van der Waals surface area (Å²) in [7, 11) is 1.56. The summed E-state index contributed by atoms with van der Waals surface area (Å²) in [5.74, 6) is 0.867. The lowest BCUT2D eigenvalue weighted by atomic mass is 10.1. The van der Waals surface area contributed by atoms with E-state index in [0.29, 0.717) is 5.75 Å². The molecular weight excluding hydrogens is 248 g/mol. The van der Waals surface area contributed by atoms with E-state index in [9.17, 15) is 10.1 Å². The number of hydrogen-bond acceptors (Lipinski definition) is 5. The van der Waals surface area contributed by atoms with Crippen molar-refractivity contribution in [3.8, 4) is 5.75 Å². The number of methoxy groups -OCH3 is 1. The number of ether oxygens (including phenoxy) is 1. The first-order valence-electron chi connectivity index (χ1n) is 5.55. The Morgan fingerprint density at radius 2 is 2.11 bits per heavy atom. The average Bonchev–Trinajstić information content (AvgIpc) is 2.78. The second-order valence-corrected chi connectivity index (χ2v) is 3.81. The van der Waals surface area contributed by atoms with E-state index >= 15 is 0 Å². The Hall–Kier alpha value is -2.63. The highest BCUT2D eigenvalue weighted by molar-refractivity contribution is 5.74. The molecule has 0 unspecified atom stereocenters. The third-order valence-corrected chi connectivity index (χ3v) is 2.60. The van der Waals surface area contributed by atoms with Crippen molar-refractivity contribution in [3.63, 3.8) is 0 Å². The molecule has 1 aromatic carbocycles. The molecule has 0 saturated carbocycles. The van der Waals surface area contributed by atoms with Gasteiger partial charge in [0.05, 0.1) is 12.0 Å². The first kappa shape index (κ1) is 12.8. The maximum absolute atomic E-state index is 10.9. The monoisotopic (exact) mass is 260 g/mol. The second kappa shape index (κ2) is 5.34. The molecule has 2 rings (SSSR count). The Morgan fingerprint density at radius 1 is 1.37 bits per heavy atom. The molecule has 6 heteroatoms. The van der Waals surface area contributed by atoms with Gasteiger partial charge < -0.3 is 9.26 Å². The van der Waals surface area contributed by atoms with Crippen LogP contribution in [0.5, 0.6) is 5.75 Å². The highest BCUT2D eigenvalue weighted by atomic mass is 16.6. The minimum Gasteiger partial charge on any atom is -0.496 e. The van der Waals surface area contributed by atoms with Crippen molar-refractivity contribution in [2.45, 2.75) is 6.92 Å². The lowest BCUT2D eigenvalue weighted by Crippen LogP contribution is -1.90. The van der Waals surface area contributed by atoms with Crippen LogP contribution < -0.4 is 4.74 Å². The SMILES string of the molecule is COc1ccccc1C=Cc1noc(C)c1[N+](=O)[O-]. The summed E-state index contributed by atoms with van der Waals surface area (Å²) in [5, 5.41) is 14.5. The Morgan fingerprint density at radius 3 is 2.79 bits per heavy atom. The summed E-state index contributed by atoms with van der Waals surface area (Å²) in [6.45, 7) is 1.51. The van der Waals surface area contributed by atoms with Gasteiger partial charge in [0.15, 0.2) is 5.69 Å². The molecule has 1 aromatic heterocycles. The molecule has 1 heterocycles. The molecule has 19 heavy (non-hydrogen) atoms. The van der Waals surface area contributed by atoms with Crippen LogP contribution in [-0.2, 0) is 0 Å². The van der Waals surface area contributed by atoms with Crippen molar-refractivity contribution >= 4 is 17.8 Å². The number of nitrogens with zero attached hydrogens (tertiary/aromatic N) is 2. The van der Waals surface area contributed by atoms with E-state index in [1.807, 2.05) is 24.3 Å². The summed E-state index contributed by atoms with van der Waals surface area (Å²) in [5.41, 5.74) is 0.875. The fourth-order valence-corrected chi connectivity index (χ4v) is 1.69. The number of rotatable bonds is 4. The molecule has 0 saturated heterocycles. The van der Waals surface area contributed by atoms with Gasteiger partial charge in [-0.05, 0) is 18.2 Å². The van der Waals surface area contributed by atoms with Crippen LogP contribution in [0.1, 0.15) is 17.0 Å². The Balaban J connectivity index is 2.36. The fraction of sp³-hybridized carbons (Fsp3) is 0.154. The maximum atomic E-state index is 10.9. The normalized spacial score (nSPS) is 10.8. The molecule has 0 bridgehead atoms. The first-order valence-corrected chi connectivity index (χ1v) is 5.55. The Bertz CT molecular complexity index is 631. The van der Waals surface area contributed by atoms with E-state index < -0.39 is 4.92 Å². The standard InChI is InChI=1S/C13H12N2O4/c1-9-13(15(16)17)11(14-19-9)8-7-10-5-3-4-6-12(10)18-2/h3-8H,1-2H3. The van der Waals surface area contributed by atoms with Crippen LogP contribution >= 0.6 is 0 Å². The van der Waals surface area contributed by atoms with E-state index in [0.717, 1.165) is 5.56 Å². The van der Waals surface area contributed by atoms with Crippen LogP contribution in [-0.4, -0.2) is 17.2 Å². The fourth-order valence-electron chi connectivity index (χ4n) is 1.69. The highest BCUT2D eigenvalue weighted by Crippen LogP contribution is 2.26. The largest absolute Gasteiger partial charge is 0.496 e. The van der Waals surface area contributed by atoms with Gasteiger partial charge in [0.1, 0.15) is 5.75 Å². The zero-order valence-corrected chi connectivity index (χ0v) is 10.5. The molecule has 0 N–H and O–H groups in total. The van der Waals surface area contributed by atoms with Gasteiger partial charge in [0.25, 0.3) is 0 Å². The number of aromatic nitrogens is 1. The Labute approximate surface area is 109 Å². The van der Waals surface area contributed by atoms with Crippen molar-refractivity contribution in [1.82, 2.24) is 5.16 Å². The van der Waals surface area contributed by atoms with Crippen molar-refractivity contribution < 1.29 is 14.2 Å². The molecule has 0 aliphatic heterocycles. The van der Waals surface area contributed by atoms with E-state index in [4.69, 9.17) is 9.26 Å². The number of hydrogen-bond donors (Lipinski definition) is 0. The molecule has 98 valence electrons. The minimum atomic E-state index is -0.506. The lowest BCUT2D eigenvalue weighted by molar-refractivity contribution is -0.386. The second-order valence-electron chi connectivity index (χ2n) is 3.81. The van der Waals surface area contributed by atoms with Crippen LogP contribution in [0.25, 0.3) is 12.2 Å². The van der Waals surface area contributed by atoms with Gasteiger partial charge in [-0.3, -0.25) is 10.1 Å². The molecule has 0 radical (unpaired) electrons. The van der Waals surface area contributed by atoms with Gasteiger partial charge in [0.2, 0.25) is 5.76 Å². The van der Waals surface area contributed by atoms with Crippen LogP contribution in [0.2, 0.25) is 0 Å². The molecule has 2 aromatic rings. The first-order chi connectivity index (χ1) is 9.13. The number of aryl methyl sites for hydroxylation is 1. The zero-order chi connectivity index (χ0) is 13.8. The minimum absolute atomic E-state index is 0.119. The predicted octanol–water partition coefficient (Wildman–Crippen LogP) is 3.07. The molecule has 0 atom stereocenters. The van der Waals surface area contributed by atoms with Gasteiger partial charge in [0, 0.05) is 12.5 Å². The third kappa shape index (κ3) is 2.62. The third-order valence-electron chi connectivity index (χ3n) is 2.60. The van der Waals surface area contributed by atoms with E-state index in [1.54, 1.807) is 13.2 Å². The van der Waals surface area contributed by atoms with Crippen LogP contribution in [0.4, 0.5) is 5.69 Å². The molecular formula is C13H12N2O4. The van der Waals surface area contributed by atoms with E-state index in [1.165, 1.54) is 13.0 Å². The summed E-state index contributed by atoms with van der Waals surface area (Å²) >= 11 is 0. The van der Waals surface area contributed by atoms with Gasteiger partial charge in [-0.1, -0.05) is 23.4 Å². The quantitative estimate of drug-likeness (QED) is 0.623. The Kier molecular flexibility index (Phi) is 3.61. The van der Waals surface area contributed by atoms with Gasteiger partial charge in [-0.15, -0.1) is 0 Å². The van der Waals surface area contributed by atoms with Crippen molar-refractivity contribution in [2.24, 2.45) is 0 Å². The van der Waals surface area contributed by atoms with Crippen molar-refractivity contribution in [3.05, 3.63) is 51.4 Å². The molecule has 0 aliphatic rings. The van der Waals surface area contributed by atoms with Gasteiger partial charge >= 0.3 is 5.69 Å². The average molecular weight is 260 g/mol. The molecule has 6 nitrogen and oxygen atoms in total. The molecule has 0 fully saturated rings. The highest BCUT2D eigenvalue weighted by Gasteiger charge is 2.21. The number of benzene rings is 1. The topological polar surface area (TPSA) is 78.4 Å². The zero-order valence-electron chi connectivity index (χ0n) is 10.5. The van der Waals surface area contributed by atoms with Crippen LogP contribution in [0.3, 0.4) is 0 Å². The van der Waals surface area contributed by atoms with Crippen molar-refractivity contribution in [1.29, 1.82) is 0 Å². The predicted molar refractivity (Wildman–Crippen MR) is 69.8 cm³/mol. The van der Waals surface area contributed by atoms with Gasteiger partial charge in [-0.2, -0.15) is 0 Å².